The summed E-state index contributed by atoms with van der Waals surface area (Å²) in [6.07, 6.45) is 1.52. The number of aromatic nitrogens is 2. The second-order valence-corrected chi connectivity index (χ2v) is 7.71. The van der Waals surface area contributed by atoms with Gasteiger partial charge in [0.1, 0.15) is 17.0 Å². The highest BCUT2D eigenvalue weighted by Gasteiger charge is 2.28. The molecule has 6 nitrogen and oxygen atoms in total. The highest BCUT2D eigenvalue weighted by atomic mass is 79.9. The molecule has 0 saturated heterocycles. The molecule has 0 atom stereocenters. The van der Waals surface area contributed by atoms with Crippen LogP contribution in [0.5, 0.6) is 5.75 Å². The van der Waals surface area contributed by atoms with Crippen molar-refractivity contribution in [3.63, 3.8) is 0 Å². The number of carbonyl (C=O) groups excluding carboxylic acids is 1. The van der Waals surface area contributed by atoms with Crippen LogP contribution in [-0.2, 0) is 6.54 Å². The maximum absolute atomic E-state index is 14.2. The van der Waals surface area contributed by atoms with Gasteiger partial charge < -0.3 is 10.1 Å². The maximum atomic E-state index is 14.2. The summed E-state index contributed by atoms with van der Waals surface area (Å²) in [5.41, 5.74) is -1.72. The van der Waals surface area contributed by atoms with Gasteiger partial charge in [0.15, 0.2) is 23.3 Å². The molecule has 0 spiro atoms. The van der Waals surface area contributed by atoms with Gasteiger partial charge in [0, 0.05) is 6.20 Å². The predicted molar refractivity (Wildman–Crippen MR) is 116 cm³/mol. The molecule has 170 valence electrons. The van der Waals surface area contributed by atoms with E-state index in [1.165, 1.54) is 28.6 Å². The van der Waals surface area contributed by atoms with Gasteiger partial charge in [-0.25, -0.2) is 22.2 Å². The third kappa shape index (κ3) is 3.88. The largest absolute Gasteiger partial charge is 0.497 e. The van der Waals surface area contributed by atoms with E-state index in [0.717, 1.165) is 0 Å². The number of pyridine rings is 1. The molecule has 2 aromatic heterocycles. The fourth-order valence-corrected chi connectivity index (χ4v) is 3.68. The van der Waals surface area contributed by atoms with Crippen molar-refractivity contribution in [2.75, 3.05) is 12.4 Å². The second kappa shape index (κ2) is 8.74. The van der Waals surface area contributed by atoms with Gasteiger partial charge in [0.2, 0.25) is 0 Å². The molecule has 4 rings (SSSR count). The van der Waals surface area contributed by atoms with Crippen LogP contribution in [-0.4, -0.2) is 22.2 Å². The molecular formula is C22H14BrF4N3O3. The van der Waals surface area contributed by atoms with Crippen LogP contribution in [0.3, 0.4) is 0 Å². The van der Waals surface area contributed by atoms with Crippen molar-refractivity contribution in [3.8, 4) is 5.75 Å². The lowest BCUT2D eigenvalue weighted by Gasteiger charge is -2.09. The summed E-state index contributed by atoms with van der Waals surface area (Å²) in [5.74, 6) is -7.67. The molecule has 4 aromatic rings. The number of benzene rings is 2. The Morgan fingerprint density at radius 2 is 1.64 bits per heavy atom. The first-order valence-electron chi connectivity index (χ1n) is 9.40. The van der Waals surface area contributed by atoms with Crippen molar-refractivity contribution in [3.05, 3.63) is 97.9 Å². The first-order valence-corrected chi connectivity index (χ1v) is 10.2. The van der Waals surface area contributed by atoms with Gasteiger partial charge in [-0.1, -0.05) is 18.2 Å². The number of anilines is 1. The standard InChI is InChI=1S/C22H14BrF4N3O3/c1-33-12-7-5-11(6-8-12)10-30-22(32)14(13-4-2-3-9-29(13)30)21(31)28-20-18(26)16(24)15(23)17(25)19(20)27/h2-9H,10H2,1H3,(H,28,31). The van der Waals surface area contributed by atoms with E-state index < -0.39 is 50.5 Å². The molecule has 1 amide bonds. The topological polar surface area (TPSA) is 64.7 Å². The van der Waals surface area contributed by atoms with E-state index in [4.69, 9.17) is 4.74 Å². The summed E-state index contributed by atoms with van der Waals surface area (Å²) in [6.45, 7) is 0.0611. The minimum Gasteiger partial charge on any atom is -0.497 e. The van der Waals surface area contributed by atoms with Gasteiger partial charge in [-0.3, -0.25) is 14.1 Å². The molecular weight excluding hydrogens is 510 g/mol. The lowest BCUT2D eigenvalue weighted by Crippen LogP contribution is -2.26. The summed E-state index contributed by atoms with van der Waals surface area (Å²) < 4.78 is 62.9. The van der Waals surface area contributed by atoms with Gasteiger partial charge in [0.05, 0.1) is 23.6 Å². The van der Waals surface area contributed by atoms with Gasteiger partial charge in [-0.05, 0) is 45.8 Å². The van der Waals surface area contributed by atoms with Crippen LogP contribution in [0.4, 0.5) is 23.2 Å². The van der Waals surface area contributed by atoms with E-state index in [0.29, 0.717) is 11.3 Å². The molecule has 0 bridgehead atoms. The van der Waals surface area contributed by atoms with E-state index in [1.807, 2.05) is 0 Å². The highest BCUT2D eigenvalue weighted by Crippen LogP contribution is 2.31. The van der Waals surface area contributed by atoms with Crippen molar-refractivity contribution in [2.24, 2.45) is 0 Å². The Kier molecular flexibility index (Phi) is 5.98. The number of amides is 1. The zero-order valence-corrected chi connectivity index (χ0v) is 18.4. The van der Waals surface area contributed by atoms with Crippen molar-refractivity contribution >= 4 is 33.0 Å². The van der Waals surface area contributed by atoms with Crippen LogP contribution in [0.15, 0.2) is 57.9 Å². The molecule has 0 saturated carbocycles. The van der Waals surface area contributed by atoms with Crippen LogP contribution < -0.4 is 15.6 Å². The van der Waals surface area contributed by atoms with Crippen molar-refractivity contribution in [1.82, 2.24) is 9.20 Å². The Labute approximate surface area is 192 Å². The third-order valence-corrected chi connectivity index (χ3v) is 5.67. The predicted octanol–water partition coefficient (Wildman–Crippen LogP) is 4.73. The Morgan fingerprint density at radius 3 is 2.24 bits per heavy atom. The Bertz CT molecular complexity index is 1420. The van der Waals surface area contributed by atoms with Crippen LogP contribution in [0, 0.1) is 23.3 Å². The molecule has 33 heavy (non-hydrogen) atoms. The third-order valence-electron chi connectivity index (χ3n) is 4.97. The minimum absolute atomic E-state index is 0.0611. The maximum Gasteiger partial charge on any atom is 0.280 e. The molecule has 11 heteroatoms. The number of rotatable bonds is 5. The fourth-order valence-electron chi connectivity index (χ4n) is 3.34. The smallest absolute Gasteiger partial charge is 0.280 e. The molecule has 0 aliphatic rings. The number of hydrogen-bond acceptors (Lipinski definition) is 3. The van der Waals surface area contributed by atoms with E-state index in [1.54, 1.807) is 41.7 Å². The van der Waals surface area contributed by atoms with Gasteiger partial charge in [-0.15, -0.1) is 0 Å². The number of hydrogen-bond donors (Lipinski definition) is 1. The number of carbonyl (C=O) groups is 1. The Balaban J connectivity index is 1.78. The Hall–Kier alpha value is -3.60. The summed E-state index contributed by atoms with van der Waals surface area (Å²) in [5, 5.41) is 1.80. The summed E-state index contributed by atoms with van der Waals surface area (Å²) in [4.78, 5) is 26.0. The highest BCUT2D eigenvalue weighted by molar-refractivity contribution is 9.10. The zero-order chi connectivity index (χ0) is 23.9. The first kappa shape index (κ1) is 22.6. The first-order chi connectivity index (χ1) is 15.7. The summed E-state index contributed by atoms with van der Waals surface area (Å²) >= 11 is 2.41. The van der Waals surface area contributed by atoms with E-state index in [9.17, 15) is 27.2 Å². The van der Waals surface area contributed by atoms with E-state index >= 15 is 0 Å². The number of nitrogens with zero attached hydrogens (tertiary/aromatic N) is 2. The van der Waals surface area contributed by atoms with Crippen LogP contribution in [0.25, 0.3) is 5.52 Å². The normalized spacial score (nSPS) is 11.1. The van der Waals surface area contributed by atoms with E-state index in [-0.39, 0.29) is 12.1 Å². The molecule has 0 aliphatic carbocycles. The monoisotopic (exact) mass is 523 g/mol. The molecule has 2 aromatic carbocycles. The van der Waals surface area contributed by atoms with Gasteiger partial charge in [-0.2, -0.15) is 0 Å². The van der Waals surface area contributed by atoms with Crippen LogP contribution in [0.2, 0.25) is 0 Å². The minimum atomic E-state index is -1.81. The van der Waals surface area contributed by atoms with Gasteiger partial charge in [0.25, 0.3) is 11.5 Å². The zero-order valence-electron chi connectivity index (χ0n) is 16.8. The fraction of sp³-hybridized carbons (Fsp3) is 0.0909. The summed E-state index contributed by atoms with van der Waals surface area (Å²) in [6, 6.07) is 11.5. The number of halogens is 5. The molecule has 0 fully saturated rings. The quantitative estimate of drug-likeness (QED) is 0.233. The molecule has 0 radical (unpaired) electrons. The van der Waals surface area contributed by atoms with Crippen molar-refractivity contribution < 1.29 is 27.1 Å². The molecule has 0 aliphatic heterocycles. The van der Waals surface area contributed by atoms with Crippen LogP contribution in [0.1, 0.15) is 15.9 Å². The number of fused-ring (bicyclic) bond motifs is 1. The average molecular weight is 524 g/mol. The average Bonchev–Trinajstić information content (AvgIpc) is 3.11. The number of methoxy groups -OCH3 is 1. The van der Waals surface area contributed by atoms with Crippen molar-refractivity contribution in [1.29, 1.82) is 0 Å². The van der Waals surface area contributed by atoms with Crippen LogP contribution >= 0.6 is 15.9 Å². The number of ether oxygens (including phenoxy) is 1. The molecule has 2 heterocycles. The second-order valence-electron chi connectivity index (χ2n) is 6.92. The summed E-state index contributed by atoms with van der Waals surface area (Å²) in [7, 11) is 1.51. The molecule has 1 N–H and O–H groups in total. The van der Waals surface area contributed by atoms with E-state index in [2.05, 4.69) is 15.9 Å². The lowest BCUT2D eigenvalue weighted by atomic mass is 10.2. The van der Waals surface area contributed by atoms with Crippen molar-refractivity contribution in [2.45, 2.75) is 6.54 Å². The lowest BCUT2D eigenvalue weighted by molar-refractivity contribution is 0.102. The molecule has 0 unspecified atom stereocenters. The number of nitrogens with one attached hydrogen (secondary N) is 1. The Morgan fingerprint density at radius 1 is 1.00 bits per heavy atom. The van der Waals surface area contributed by atoms with Gasteiger partial charge >= 0.3 is 0 Å². The SMILES string of the molecule is COc1ccc(Cn2c(=O)c(C(=O)Nc3c(F)c(F)c(Br)c(F)c3F)c3ccccn32)cc1.